The Hall–Kier alpha value is -1.07. The number of nitrogens with zero attached hydrogens (tertiary/aromatic N) is 3. The maximum absolute atomic E-state index is 12.8. The highest BCUT2D eigenvalue weighted by Gasteiger charge is 2.28. The Morgan fingerprint density at radius 2 is 1.97 bits per heavy atom. The van der Waals surface area contributed by atoms with Crippen molar-refractivity contribution in [2.45, 2.75) is 46.1 Å². The molecule has 0 radical (unpaired) electrons. The van der Waals surface area contributed by atoms with E-state index in [1.807, 2.05) is 24.3 Å². The smallest absolute Gasteiger partial charge is 0.236 e. The summed E-state index contributed by atoms with van der Waals surface area (Å²) in [7, 11) is -1.64. The van der Waals surface area contributed by atoms with Crippen molar-refractivity contribution in [3.8, 4) is 0 Å². The number of benzene rings is 1. The zero-order chi connectivity index (χ0) is 21.3. The molecule has 1 unspecified atom stereocenters. The van der Waals surface area contributed by atoms with Gasteiger partial charge in [0.15, 0.2) is 5.96 Å². The van der Waals surface area contributed by atoms with E-state index in [1.54, 1.807) is 7.05 Å². The average Bonchev–Trinajstić information content (AvgIpc) is 3.15. The number of hydrogen-bond acceptors (Lipinski definition) is 4. The predicted molar refractivity (Wildman–Crippen MR) is 138 cm³/mol. The first kappa shape index (κ1) is 27.0. The Bertz CT molecular complexity index is 768. The highest BCUT2D eigenvalue weighted by atomic mass is 127. The minimum atomic E-state index is -3.35. The topological polar surface area (TPSA) is 77.0 Å². The lowest BCUT2D eigenvalue weighted by Crippen LogP contribution is -2.45. The van der Waals surface area contributed by atoms with Crippen LogP contribution < -0.4 is 14.9 Å². The van der Waals surface area contributed by atoms with E-state index in [9.17, 15) is 8.42 Å². The van der Waals surface area contributed by atoms with Crippen molar-refractivity contribution in [1.29, 1.82) is 0 Å². The molecular weight excluding hydrogens is 513 g/mol. The van der Waals surface area contributed by atoms with E-state index in [0.717, 1.165) is 50.1 Å². The molecule has 0 aliphatic carbocycles. The molecule has 1 aliphatic heterocycles. The Balaban J connectivity index is 0.00000450. The third kappa shape index (κ3) is 7.88. The molecule has 2 rings (SSSR count). The highest BCUT2D eigenvalue weighted by molar-refractivity contribution is 14.0. The number of fused-ring (bicyclic) bond motifs is 1. The second-order valence-corrected chi connectivity index (χ2v) is 9.49. The number of nitrogens with one attached hydrogen (secondary N) is 2. The van der Waals surface area contributed by atoms with Gasteiger partial charge in [0, 0.05) is 26.2 Å². The summed E-state index contributed by atoms with van der Waals surface area (Å²) in [4.78, 5) is 6.65. The molecule has 9 heteroatoms. The fourth-order valence-electron chi connectivity index (χ4n) is 3.67. The minimum absolute atomic E-state index is 0. The van der Waals surface area contributed by atoms with E-state index < -0.39 is 10.0 Å². The van der Waals surface area contributed by atoms with Crippen molar-refractivity contribution in [1.82, 2.24) is 15.5 Å². The van der Waals surface area contributed by atoms with E-state index in [-0.39, 0.29) is 35.8 Å². The summed E-state index contributed by atoms with van der Waals surface area (Å²) in [5, 5.41) is 6.51. The third-order valence-electron chi connectivity index (χ3n) is 5.45. The average molecular weight is 552 g/mol. The minimum Gasteiger partial charge on any atom is -0.355 e. The zero-order valence-electron chi connectivity index (χ0n) is 18.7. The summed E-state index contributed by atoms with van der Waals surface area (Å²) in [6.07, 6.45) is 2.94. The van der Waals surface area contributed by atoms with Crippen LogP contribution in [0, 0.1) is 0 Å². The van der Waals surface area contributed by atoms with Crippen molar-refractivity contribution in [3.63, 3.8) is 0 Å². The number of aliphatic imine (C=N–C) groups is 1. The molecule has 2 N–H and O–H groups in total. The molecule has 172 valence electrons. The summed E-state index contributed by atoms with van der Waals surface area (Å²) in [6.45, 7) is 10.6. The Labute approximate surface area is 199 Å². The maximum atomic E-state index is 12.8. The molecule has 0 fully saturated rings. The normalized spacial score (nSPS) is 15.0. The number of halogens is 1. The largest absolute Gasteiger partial charge is 0.355 e. The Morgan fingerprint density at radius 1 is 1.27 bits per heavy atom. The summed E-state index contributed by atoms with van der Waals surface area (Å²) < 4.78 is 27.1. The van der Waals surface area contributed by atoms with Crippen LogP contribution in [0.4, 0.5) is 5.69 Å². The number of guanidine groups is 1. The molecule has 0 saturated heterocycles. The van der Waals surface area contributed by atoms with Gasteiger partial charge in [0.2, 0.25) is 10.0 Å². The molecule has 0 amide bonds. The predicted octanol–water partition coefficient (Wildman–Crippen LogP) is 2.67. The van der Waals surface area contributed by atoms with Crippen LogP contribution in [0.1, 0.15) is 39.2 Å². The third-order valence-corrected chi connectivity index (χ3v) is 7.22. The SMILES string of the molecule is CCN(CC)CCCC(C)NC(=NC)NCCS(=O)(=O)N1CCc2ccccc21.I. The Kier molecular flexibility index (Phi) is 12.0. The molecule has 1 aromatic carbocycles. The maximum Gasteiger partial charge on any atom is 0.236 e. The van der Waals surface area contributed by atoms with Crippen LogP contribution >= 0.6 is 24.0 Å². The van der Waals surface area contributed by atoms with Crippen molar-refractivity contribution in [2.24, 2.45) is 4.99 Å². The van der Waals surface area contributed by atoms with Crippen LogP contribution in [0.3, 0.4) is 0 Å². The molecule has 1 atom stereocenters. The van der Waals surface area contributed by atoms with E-state index in [4.69, 9.17) is 0 Å². The van der Waals surface area contributed by atoms with E-state index in [0.29, 0.717) is 19.0 Å². The first-order chi connectivity index (χ1) is 13.9. The summed E-state index contributed by atoms with van der Waals surface area (Å²) >= 11 is 0. The number of para-hydroxylation sites is 1. The fourth-order valence-corrected chi connectivity index (χ4v) is 5.09. The van der Waals surface area contributed by atoms with Crippen molar-refractivity contribution < 1.29 is 8.42 Å². The second kappa shape index (κ2) is 13.4. The number of sulfonamides is 1. The second-order valence-electron chi connectivity index (χ2n) is 7.48. The van der Waals surface area contributed by atoms with Gasteiger partial charge >= 0.3 is 0 Å². The van der Waals surface area contributed by atoms with Gasteiger partial charge in [0.1, 0.15) is 0 Å². The van der Waals surface area contributed by atoms with Crippen LogP contribution in [0.5, 0.6) is 0 Å². The molecule has 0 bridgehead atoms. The molecule has 0 aromatic heterocycles. The fraction of sp³-hybridized carbons (Fsp3) is 0.667. The summed E-state index contributed by atoms with van der Waals surface area (Å²) in [6, 6.07) is 8.00. The number of hydrogen-bond donors (Lipinski definition) is 2. The summed E-state index contributed by atoms with van der Waals surface area (Å²) in [5.74, 6) is 0.690. The first-order valence-corrected chi connectivity index (χ1v) is 12.3. The molecule has 1 heterocycles. The van der Waals surface area contributed by atoms with Crippen LogP contribution in [-0.2, 0) is 16.4 Å². The molecule has 7 nitrogen and oxygen atoms in total. The molecule has 0 spiro atoms. The number of anilines is 1. The van der Waals surface area contributed by atoms with Gasteiger partial charge in [-0.3, -0.25) is 9.30 Å². The molecule has 1 aromatic rings. The number of rotatable bonds is 11. The van der Waals surface area contributed by atoms with Gasteiger partial charge in [0.25, 0.3) is 0 Å². The van der Waals surface area contributed by atoms with E-state index in [2.05, 4.69) is 41.3 Å². The monoisotopic (exact) mass is 551 g/mol. The zero-order valence-corrected chi connectivity index (χ0v) is 21.9. The van der Waals surface area contributed by atoms with Gasteiger partial charge in [-0.15, -0.1) is 24.0 Å². The summed E-state index contributed by atoms with van der Waals surface area (Å²) in [5.41, 5.74) is 1.91. The van der Waals surface area contributed by atoms with Crippen LogP contribution in [0.2, 0.25) is 0 Å². The van der Waals surface area contributed by atoms with Crippen molar-refractivity contribution in [2.75, 3.05) is 49.8 Å². The highest BCUT2D eigenvalue weighted by Crippen LogP contribution is 2.29. The lowest BCUT2D eigenvalue weighted by molar-refractivity contribution is 0.292. The first-order valence-electron chi connectivity index (χ1n) is 10.7. The van der Waals surface area contributed by atoms with Gasteiger partial charge in [0.05, 0.1) is 11.4 Å². The van der Waals surface area contributed by atoms with E-state index >= 15 is 0 Å². The standard InChI is InChI=1S/C21H37N5O2S.HI/c1-5-25(6-2)15-9-10-18(3)24-21(22-4)23-14-17-29(27,28)26-16-13-19-11-7-8-12-20(19)26;/h7-8,11-12,18H,5-6,9-10,13-17H2,1-4H3,(H2,22,23,24);1H. The lowest BCUT2D eigenvalue weighted by atomic mass is 10.2. The quantitative estimate of drug-likeness (QED) is 0.251. The van der Waals surface area contributed by atoms with Crippen molar-refractivity contribution in [3.05, 3.63) is 29.8 Å². The molecule has 1 aliphatic rings. The van der Waals surface area contributed by atoms with Gasteiger partial charge in [-0.1, -0.05) is 32.0 Å². The van der Waals surface area contributed by atoms with Gasteiger partial charge in [-0.2, -0.15) is 0 Å². The molecule has 30 heavy (non-hydrogen) atoms. The van der Waals surface area contributed by atoms with Crippen LogP contribution in [0.15, 0.2) is 29.3 Å². The van der Waals surface area contributed by atoms with Gasteiger partial charge in [-0.05, 0) is 57.5 Å². The molecular formula is C21H38IN5O2S. The van der Waals surface area contributed by atoms with Crippen LogP contribution in [0.25, 0.3) is 0 Å². The van der Waals surface area contributed by atoms with Gasteiger partial charge in [-0.25, -0.2) is 8.42 Å². The lowest BCUT2D eigenvalue weighted by Gasteiger charge is -2.22. The van der Waals surface area contributed by atoms with Gasteiger partial charge < -0.3 is 15.5 Å². The van der Waals surface area contributed by atoms with E-state index in [1.165, 1.54) is 4.31 Å². The van der Waals surface area contributed by atoms with Crippen LogP contribution in [-0.4, -0.2) is 70.8 Å². The van der Waals surface area contributed by atoms with Crippen molar-refractivity contribution >= 4 is 45.6 Å². The molecule has 0 saturated carbocycles. The Morgan fingerprint density at radius 3 is 2.63 bits per heavy atom.